The molecular formula is C18H26N2O5. The van der Waals surface area contributed by atoms with Crippen LogP contribution in [0.4, 0.5) is 5.69 Å². The van der Waals surface area contributed by atoms with Crippen molar-refractivity contribution < 1.29 is 23.8 Å². The Labute approximate surface area is 148 Å². The van der Waals surface area contributed by atoms with Crippen LogP contribution in [-0.2, 0) is 14.3 Å². The van der Waals surface area contributed by atoms with Crippen LogP contribution in [0.5, 0.6) is 11.5 Å². The van der Waals surface area contributed by atoms with Gasteiger partial charge in [0.15, 0.2) is 11.5 Å². The number of carbonyl (C=O) groups is 2. The lowest BCUT2D eigenvalue weighted by Crippen LogP contribution is -2.36. The smallest absolute Gasteiger partial charge is 0.243 e. The molecule has 1 saturated carbocycles. The maximum Gasteiger partial charge on any atom is 0.243 e. The first-order chi connectivity index (χ1) is 12.1. The summed E-state index contributed by atoms with van der Waals surface area (Å²) in [6, 6.07) is 5.12. The number of anilines is 1. The minimum Gasteiger partial charge on any atom is -0.493 e. The van der Waals surface area contributed by atoms with E-state index in [9.17, 15) is 9.59 Å². The van der Waals surface area contributed by atoms with Crippen LogP contribution in [0.1, 0.15) is 25.7 Å². The number of carbonyl (C=O) groups excluding carboxylic acids is 2. The molecule has 0 spiro atoms. The predicted octanol–water partition coefficient (Wildman–Crippen LogP) is 1.97. The van der Waals surface area contributed by atoms with E-state index in [4.69, 9.17) is 14.2 Å². The van der Waals surface area contributed by atoms with Gasteiger partial charge in [0.2, 0.25) is 11.8 Å². The largest absolute Gasteiger partial charge is 0.493 e. The maximum atomic E-state index is 12.0. The standard InChI is InChI=1S/C18H26N2O5/c1-23-9-10-25-16-11-14(7-8-15(16)24-2)20-17(21)12-19-18(22)13-5-3-4-6-13/h7-8,11,13H,3-6,9-10,12H2,1-2H3,(H,19,22)(H,20,21). The minimum atomic E-state index is -0.278. The molecule has 2 N–H and O–H groups in total. The third-order valence-corrected chi connectivity index (χ3v) is 4.14. The monoisotopic (exact) mass is 350 g/mol. The quantitative estimate of drug-likeness (QED) is 0.665. The van der Waals surface area contributed by atoms with Gasteiger partial charge in [-0.2, -0.15) is 0 Å². The molecule has 0 radical (unpaired) electrons. The summed E-state index contributed by atoms with van der Waals surface area (Å²) in [6.07, 6.45) is 3.99. The van der Waals surface area contributed by atoms with Crippen molar-refractivity contribution in [3.8, 4) is 11.5 Å². The van der Waals surface area contributed by atoms with Gasteiger partial charge in [-0.15, -0.1) is 0 Å². The number of hydrogen-bond acceptors (Lipinski definition) is 5. The van der Waals surface area contributed by atoms with Gasteiger partial charge in [-0.1, -0.05) is 12.8 Å². The summed E-state index contributed by atoms with van der Waals surface area (Å²) in [5.74, 6) is 0.830. The first kappa shape index (κ1) is 19.1. The fraction of sp³-hybridized carbons (Fsp3) is 0.556. The van der Waals surface area contributed by atoms with E-state index in [0.29, 0.717) is 30.4 Å². The van der Waals surface area contributed by atoms with Crippen molar-refractivity contribution in [3.63, 3.8) is 0 Å². The first-order valence-electron chi connectivity index (χ1n) is 8.51. The average molecular weight is 350 g/mol. The second kappa shape index (κ2) is 9.88. The molecule has 0 unspecified atom stereocenters. The van der Waals surface area contributed by atoms with Crippen LogP contribution >= 0.6 is 0 Å². The summed E-state index contributed by atoms with van der Waals surface area (Å²) in [6.45, 7) is 0.788. The molecule has 0 heterocycles. The van der Waals surface area contributed by atoms with E-state index in [1.165, 1.54) is 0 Å². The average Bonchev–Trinajstić information content (AvgIpc) is 3.15. The molecule has 1 aromatic rings. The van der Waals surface area contributed by atoms with Gasteiger partial charge < -0.3 is 24.8 Å². The minimum absolute atomic E-state index is 0.0361. The van der Waals surface area contributed by atoms with Gasteiger partial charge >= 0.3 is 0 Å². The van der Waals surface area contributed by atoms with E-state index in [0.717, 1.165) is 25.7 Å². The molecule has 0 saturated heterocycles. The summed E-state index contributed by atoms with van der Waals surface area (Å²) in [5, 5.41) is 5.45. The second-order valence-electron chi connectivity index (χ2n) is 5.95. The summed E-state index contributed by atoms with van der Waals surface area (Å²) < 4.78 is 15.8. The van der Waals surface area contributed by atoms with Gasteiger partial charge in [0.25, 0.3) is 0 Å². The normalized spacial score (nSPS) is 14.2. The lowest BCUT2D eigenvalue weighted by Gasteiger charge is -2.13. The van der Waals surface area contributed by atoms with E-state index in [1.54, 1.807) is 32.4 Å². The molecule has 1 aliphatic rings. The molecule has 138 valence electrons. The number of methoxy groups -OCH3 is 2. The number of nitrogens with one attached hydrogen (secondary N) is 2. The Balaban J connectivity index is 1.86. The maximum absolute atomic E-state index is 12.0. The fourth-order valence-electron chi connectivity index (χ4n) is 2.81. The van der Waals surface area contributed by atoms with Gasteiger partial charge in [-0.25, -0.2) is 0 Å². The first-order valence-corrected chi connectivity index (χ1v) is 8.51. The highest BCUT2D eigenvalue weighted by atomic mass is 16.5. The Morgan fingerprint density at radius 1 is 1.12 bits per heavy atom. The lowest BCUT2D eigenvalue weighted by atomic mass is 10.1. The zero-order valence-electron chi connectivity index (χ0n) is 14.8. The van der Waals surface area contributed by atoms with Crippen molar-refractivity contribution in [2.24, 2.45) is 5.92 Å². The van der Waals surface area contributed by atoms with Crippen LogP contribution in [0.25, 0.3) is 0 Å². The topological polar surface area (TPSA) is 85.9 Å². The van der Waals surface area contributed by atoms with Crippen LogP contribution in [0.15, 0.2) is 18.2 Å². The van der Waals surface area contributed by atoms with E-state index < -0.39 is 0 Å². The lowest BCUT2D eigenvalue weighted by molar-refractivity contribution is -0.127. The van der Waals surface area contributed by atoms with Crippen molar-refractivity contribution in [1.82, 2.24) is 5.32 Å². The van der Waals surface area contributed by atoms with Crippen LogP contribution in [0.3, 0.4) is 0 Å². The van der Waals surface area contributed by atoms with Crippen LogP contribution in [0.2, 0.25) is 0 Å². The van der Waals surface area contributed by atoms with Crippen LogP contribution in [0, 0.1) is 5.92 Å². The van der Waals surface area contributed by atoms with Gasteiger partial charge in [0.05, 0.1) is 20.3 Å². The Kier molecular flexibility index (Phi) is 7.53. The number of ether oxygens (including phenoxy) is 3. The number of hydrogen-bond donors (Lipinski definition) is 2. The third kappa shape index (κ3) is 5.94. The van der Waals surface area contributed by atoms with Gasteiger partial charge in [-0.05, 0) is 25.0 Å². The van der Waals surface area contributed by atoms with Crippen molar-refractivity contribution >= 4 is 17.5 Å². The zero-order valence-corrected chi connectivity index (χ0v) is 14.8. The van der Waals surface area contributed by atoms with Crippen LogP contribution in [-0.4, -0.2) is 45.8 Å². The molecule has 1 fully saturated rings. The SMILES string of the molecule is COCCOc1cc(NC(=O)CNC(=O)C2CCCC2)ccc1OC. The Hall–Kier alpha value is -2.28. The summed E-state index contributed by atoms with van der Waals surface area (Å²) in [7, 11) is 3.15. The molecule has 1 aromatic carbocycles. The van der Waals surface area contributed by atoms with Crippen molar-refractivity contribution in [2.45, 2.75) is 25.7 Å². The molecular weight excluding hydrogens is 324 g/mol. The predicted molar refractivity (Wildman–Crippen MR) is 94.0 cm³/mol. The third-order valence-electron chi connectivity index (χ3n) is 4.14. The molecule has 0 atom stereocenters. The molecule has 0 aliphatic heterocycles. The van der Waals surface area contributed by atoms with Gasteiger partial charge in [-0.3, -0.25) is 9.59 Å². The molecule has 2 rings (SSSR count). The van der Waals surface area contributed by atoms with E-state index in [-0.39, 0.29) is 24.3 Å². The van der Waals surface area contributed by atoms with E-state index >= 15 is 0 Å². The Morgan fingerprint density at radius 3 is 2.56 bits per heavy atom. The van der Waals surface area contributed by atoms with E-state index in [1.807, 2.05) is 0 Å². The zero-order chi connectivity index (χ0) is 18.1. The number of benzene rings is 1. The Bertz CT molecular complexity index is 585. The van der Waals surface area contributed by atoms with Crippen molar-refractivity contribution in [1.29, 1.82) is 0 Å². The molecule has 7 nitrogen and oxygen atoms in total. The molecule has 0 aromatic heterocycles. The summed E-state index contributed by atoms with van der Waals surface area (Å²) >= 11 is 0. The summed E-state index contributed by atoms with van der Waals surface area (Å²) in [4.78, 5) is 24.0. The highest BCUT2D eigenvalue weighted by Gasteiger charge is 2.22. The highest BCUT2D eigenvalue weighted by molar-refractivity contribution is 5.95. The molecule has 1 aliphatic carbocycles. The Morgan fingerprint density at radius 2 is 1.88 bits per heavy atom. The second-order valence-corrected chi connectivity index (χ2v) is 5.95. The molecule has 25 heavy (non-hydrogen) atoms. The van der Waals surface area contributed by atoms with Crippen LogP contribution < -0.4 is 20.1 Å². The summed E-state index contributed by atoms with van der Waals surface area (Å²) in [5.41, 5.74) is 0.577. The molecule has 0 bridgehead atoms. The van der Waals surface area contributed by atoms with Crippen molar-refractivity contribution in [3.05, 3.63) is 18.2 Å². The van der Waals surface area contributed by atoms with Crippen molar-refractivity contribution in [2.75, 3.05) is 39.3 Å². The fourth-order valence-corrected chi connectivity index (χ4v) is 2.81. The van der Waals surface area contributed by atoms with E-state index in [2.05, 4.69) is 10.6 Å². The highest BCUT2D eigenvalue weighted by Crippen LogP contribution is 2.30. The number of amides is 2. The molecule has 2 amide bonds. The van der Waals surface area contributed by atoms with Gasteiger partial charge in [0.1, 0.15) is 6.61 Å². The van der Waals surface area contributed by atoms with Gasteiger partial charge in [0, 0.05) is 24.8 Å². The molecule has 7 heteroatoms. The number of rotatable bonds is 9.